The van der Waals surface area contributed by atoms with E-state index in [4.69, 9.17) is 23.7 Å². The van der Waals surface area contributed by atoms with Crippen LogP contribution in [0.15, 0.2) is 59.3 Å². The quantitative estimate of drug-likeness (QED) is 0.128. The van der Waals surface area contributed by atoms with E-state index >= 15 is 0 Å². The van der Waals surface area contributed by atoms with Crippen molar-refractivity contribution in [3.8, 4) is 11.5 Å². The molecule has 0 aromatic heterocycles. The van der Waals surface area contributed by atoms with Gasteiger partial charge in [0.05, 0.1) is 37.5 Å². The number of methoxy groups -OCH3 is 1. The number of ether oxygens (including phenoxy) is 6. The van der Waals surface area contributed by atoms with Crippen molar-refractivity contribution >= 4 is 5.76 Å². The molecule has 2 fully saturated rings. The molecule has 4 aliphatic rings. The van der Waals surface area contributed by atoms with E-state index in [0.29, 0.717) is 5.56 Å². The fourth-order valence-corrected chi connectivity index (χ4v) is 5.15. The lowest BCUT2D eigenvalue weighted by molar-refractivity contribution is -0.292. The highest BCUT2D eigenvalue weighted by Gasteiger charge is 2.48. The van der Waals surface area contributed by atoms with Crippen LogP contribution in [-0.2, 0) is 18.9 Å². The van der Waals surface area contributed by atoms with E-state index in [1.165, 1.54) is 43.5 Å². The zero-order valence-corrected chi connectivity index (χ0v) is 23.2. The topological polar surface area (TPSA) is 261 Å². The molecule has 0 bridgehead atoms. The van der Waals surface area contributed by atoms with Crippen molar-refractivity contribution in [3.05, 3.63) is 64.8 Å². The number of phenolic OH excluding ortho intramolecular Hbond substituents is 1. The summed E-state index contributed by atoms with van der Waals surface area (Å²) in [5, 5.41) is 102. The third kappa shape index (κ3) is 5.96. The van der Waals surface area contributed by atoms with Gasteiger partial charge in [0, 0.05) is 18.2 Å². The molecule has 0 saturated carbocycles. The van der Waals surface area contributed by atoms with Gasteiger partial charge in [0.1, 0.15) is 60.4 Å². The van der Waals surface area contributed by atoms with Crippen molar-refractivity contribution in [2.75, 3.05) is 20.3 Å². The molecular formula is C28H35O16+. The number of aliphatic hydroxyl groups is 11. The molecule has 3 aliphatic heterocycles. The monoisotopic (exact) mass is 627 g/mol. The Kier molecular flexibility index (Phi) is 9.38. The van der Waals surface area contributed by atoms with Crippen LogP contribution in [0.1, 0.15) is 5.56 Å². The van der Waals surface area contributed by atoms with Gasteiger partial charge in [0.15, 0.2) is 11.5 Å². The molecule has 0 radical (unpaired) electrons. The Morgan fingerprint density at radius 2 is 1.36 bits per heavy atom. The minimum atomic E-state index is -1.78. The molecule has 2 saturated heterocycles. The first-order valence-electron chi connectivity index (χ1n) is 13.6. The van der Waals surface area contributed by atoms with E-state index in [-0.39, 0.29) is 40.1 Å². The smallest absolute Gasteiger partial charge is 0.305 e. The molecule has 5 rings (SSSR count). The summed E-state index contributed by atoms with van der Waals surface area (Å²) in [5.41, 5.74) is 0.558. The molecule has 242 valence electrons. The third-order valence-electron chi connectivity index (χ3n) is 7.64. The van der Waals surface area contributed by atoms with Crippen LogP contribution in [0, 0.1) is 0 Å². The Bertz CT molecular complexity index is 1330. The SMILES string of the molecule is COc1cc(C2=C(O[C@@H]3O[C@H](CO)[C@@H](O)[C@H](O)[C@H]3O)C=C3C(O[C@@H]4O[C@H](CO)[C@@H](O)[C@H](O)[C@H]4O)=CC(O)=CC3[OH+]2)ccc1O. The van der Waals surface area contributed by atoms with E-state index in [9.17, 15) is 51.1 Å². The van der Waals surface area contributed by atoms with Crippen molar-refractivity contribution in [2.24, 2.45) is 0 Å². The lowest BCUT2D eigenvalue weighted by Gasteiger charge is -2.41. The summed E-state index contributed by atoms with van der Waals surface area (Å²) >= 11 is 0. The van der Waals surface area contributed by atoms with Gasteiger partial charge in [-0.05, 0) is 12.1 Å². The van der Waals surface area contributed by atoms with Crippen LogP contribution < -0.4 is 4.74 Å². The summed E-state index contributed by atoms with van der Waals surface area (Å²) in [7, 11) is 1.34. The fraction of sp³-hybridized carbons (Fsp3) is 0.500. The number of aliphatic hydroxyl groups excluding tert-OH is 9. The molecule has 0 amide bonds. The molecule has 1 aromatic rings. The Labute approximate surface area is 249 Å². The summed E-state index contributed by atoms with van der Waals surface area (Å²) < 4.78 is 32.6. The van der Waals surface area contributed by atoms with Crippen molar-refractivity contribution in [1.82, 2.24) is 0 Å². The molecule has 44 heavy (non-hydrogen) atoms. The van der Waals surface area contributed by atoms with Gasteiger partial charge < -0.3 is 79.5 Å². The van der Waals surface area contributed by atoms with Gasteiger partial charge in [-0.3, -0.25) is 0 Å². The highest BCUT2D eigenvalue weighted by molar-refractivity contribution is 5.69. The zero-order chi connectivity index (χ0) is 31.9. The average molecular weight is 628 g/mol. The first-order valence-corrected chi connectivity index (χ1v) is 13.6. The number of rotatable bonds is 8. The van der Waals surface area contributed by atoms with E-state index in [1.54, 1.807) is 0 Å². The van der Waals surface area contributed by atoms with Gasteiger partial charge >= 0.3 is 5.76 Å². The van der Waals surface area contributed by atoms with Gasteiger partial charge in [0.25, 0.3) is 0 Å². The van der Waals surface area contributed by atoms with Crippen LogP contribution >= 0.6 is 0 Å². The molecule has 16 heteroatoms. The molecule has 16 nitrogen and oxygen atoms in total. The Balaban J connectivity index is 1.54. The number of benzene rings is 1. The van der Waals surface area contributed by atoms with Crippen LogP contribution in [0.2, 0.25) is 0 Å². The second kappa shape index (κ2) is 12.9. The lowest BCUT2D eigenvalue weighted by Crippen LogP contribution is -2.59. The van der Waals surface area contributed by atoms with Crippen molar-refractivity contribution in [2.45, 2.75) is 67.5 Å². The third-order valence-corrected chi connectivity index (χ3v) is 7.64. The molecule has 0 spiro atoms. The standard InChI is InChI=1S/C28H34O16/c1-39-16-4-10(2-3-13(16)32)26-17(42-28-25(38)23(36)21(34)19(9-30)44-28)7-12-14(40-26)5-11(31)6-15(12)41-27-24(37)22(35)20(33)18(8-29)43-27/h2-7,14,18-25,27-38H,8-9H2,1H3/p+1/t14?,18-,19-,20-,21-,22+,23+,24-,25-,27-,28-/m1/s1. The van der Waals surface area contributed by atoms with Gasteiger partial charge in [-0.2, -0.15) is 0 Å². The Hall–Kier alpha value is -3.42. The van der Waals surface area contributed by atoms with Crippen LogP contribution in [0.4, 0.5) is 0 Å². The Morgan fingerprint density at radius 3 is 1.93 bits per heavy atom. The van der Waals surface area contributed by atoms with Crippen LogP contribution in [0.5, 0.6) is 11.5 Å². The highest BCUT2D eigenvalue weighted by atomic mass is 16.7. The number of phenols is 1. The predicted molar refractivity (Wildman–Crippen MR) is 144 cm³/mol. The molecule has 1 unspecified atom stereocenters. The second-order valence-electron chi connectivity index (χ2n) is 10.5. The van der Waals surface area contributed by atoms with E-state index < -0.39 is 80.7 Å². The summed E-state index contributed by atoms with van der Waals surface area (Å²) in [5.74, 6) is -0.482. The van der Waals surface area contributed by atoms with Crippen molar-refractivity contribution in [3.63, 3.8) is 0 Å². The maximum Gasteiger partial charge on any atom is 0.305 e. The van der Waals surface area contributed by atoms with Crippen LogP contribution in [0.3, 0.4) is 0 Å². The van der Waals surface area contributed by atoms with E-state index in [2.05, 4.69) is 4.74 Å². The van der Waals surface area contributed by atoms with Crippen LogP contribution in [0.25, 0.3) is 5.76 Å². The predicted octanol–water partition coefficient (Wildman–Crippen LogP) is -3.12. The summed E-state index contributed by atoms with van der Waals surface area (Å²) in [4.78, 5) is 0. The summed E-state index contributed by atoms with van der Waals surface area (Å²) in [6, 6.07) is 4.26. The van der Waals surface area contributed by atoms with Gasteiger partial charge in [-0.25, -0.2) is 0 Å². The molecular weight excluding hydrogens is 592 g/mol. The lowest BCUT2D eigenvalue weighted by atomic mass is 9.96. The van der Waals surface area contributed by atoms with Gasteiger partial charge in [-0.1, -0.05) is 0 Å². The zero-order valence-electron chi connectivity index (χ0n) is 23.2. The van der Waals surface area contributed by atoms with Crippen molar-refractivity contribution in [1.29, 1.82) is 0 Å². The maximum atomic E-state index is 10.6. The van der Waals surface area contributed by atoms with Gasteiger partial charge in [-0.15, -0.1) is 0 Å². The average Bonchev–Trinajstić information content (AvgIpc) is 3.01. The van der Waals surface area contributed by atoms with Crippen LogP contribution in [-0.4, -0.2) is 144 Å². The number of hydrogen-bond acceptors (Lipinski definition) is 15. The molecule has 1 aromatic carbocycles. The summed E-state index contributed by atoms with van der Waals surface area (Å²) in [6.07, 6.45) is -13.1. The van der Waals surface area contributed by atoms with E-state index in [0.717, 1.165) is 0 Å². The minimum Gasteiger partial charge on any atom is -0.571 e. The Morgan fingerprint density at radius 1 is 0.773 bits per heavy atom. The maximum absolute atomic E-state index is 10.6. The number of fused-ring (bicyclic) bond motifs is 1. The second-order valence-corrected chi connectivity index (χ2v) is 10.5. The highest BCUT2D eigenvalue weighted by Crippen LogP contribution is 2.40. The first kappa shape index (κ1) is 32.0. The van der Waals surface area contributed by atoms with Crippen molar-refractivity contribution < 1.29 is 79.5 Å². The normalized spacial score (nSPS) is 37.2. The molecule has 3 heterocycles. The number of allylic oxidation sites excluding steroid dienone is 2. The van der Waals surface area contributed by atoms with E-state index in [1.807, 2.05) is 0 Å². The minimum absolute atomic E-state index is 0.0840. The number of hydrogen-bond donors (Lipinski definition) is 10. The van der Waals surface area contributed by atoms with Gasteiger partial charge in [0.2, 0.25) is 24.4 Å². The number of aromatic hydroxyl groups is 1. The first-order chi connectivity index (χ1) is 21.0. The largest absolute Gasteiger partial charge is 0.571 e. The summed E-state index contributed by atoms with van der Waals surface area (Å²) in [6.45, 7) is -1.40. The fourth-order valence-electron chi connectivity index (χ4n) is 5.15. The molecule has 11 N–H and O–H groups in total. The molecule has 11 atom stereocenters. The molecule has 1 aliphatic carbocycles.